The number of amides is 1. The van der Waals surface area contributed by atoms with E-state index in [1.807, 2.05) is 86.7 Å². The summed E-state index contributed by atoms with van der Waals surface area (Å²) in [5.41, 5.74) is 2.39. The molecule has 0 spiro atoms. The maximum Gasteiger partial charge on any atom is 0.219 e. The third kappa shape index (κ3) is 19.8. The molecule has 0 bridgehead atoms. The van der Waals surface area contributed by atoms with Crippen molar-refractivity contribution in [2.75, 3.05) is 6.54 Å². The molecule has 1 amide bonds. The van der Waals surface area contributed by atoms with Crippen LogP contribution in [0.15, 0.2) is 109 Å². The Morgan fingerprint density at radius 2 is 1.08 bits per heavy atom. The zero-order valence-electron chi connectivity index (χ0n) is 36.2. The SMILES string of the molecule is CCCC(=O)CCC/C=C\C[C@@H]1[C@@H](/C=C/[C@H](O)CCc2ccccc2)[C@H](O)C[C@@H]1O.CCNC(=O)CCC/C=C/C[C@@H]1[C@@H](/C=C/[C@@H](O)CCc2ccccc2)[C@H](O)C[C@@H]1O. The summed E-state index contributed by atoms with van der Waals surface area (Å²) in [6.07, 6.45) is 23.2. The molecule has 0 saturated heterocycles. The Hall–Kier alpha value is -3.70. The van der Waals surface area contributed by atoms with Gasteiger partial charge in [0.05, 0.1) is 36.6 Å². The van der Waals surface area contributed by atoms with E-state index >= 15 is 0 Å². The lowest BCUT2D eigenvalue weighted by molar-refractivity contribution is -0.121. The minimum Gasteiger partial charge on any atom is -0.393 e. The number of nitrogens with one attached hydrogen (secondary N) is 1. The zero-order chi connectivity index (χ0) is 43.5. The van der Waals surface area contributed by atoms with Crippen LogP contribution in [-0.2, 0) is 22.4 Å². The number of aryl methyl sites for hydroxylation is 2. The van der Waals surface area contributed by atoms with E-state index in [4.69, 9.17) is 0 Å². The molecule has 60 heavy (non-hydrogen) atoms. The van der Waals surface area contributed by atoms with E-state index in [9.17, 15) is 40.2 Å². The van der Waals surface area contributed by atoms with E-state index in [1.165, 1.54) is 11.1 Å². The average molecular weight is 830 g/mol. The van der Waals surface area contributed by atoms with Crippen molar-refractivity contribution in [1.82, 2.24) is 5.32 Å². The molecular formula is C51H75NO8. The molecule has 2 aliphatic rings. The first-order valence-electron chi connectivity index (χ1n) is 22.6. The summed E-state index contributed by atoms with van der Waals surface area (Å²) in [6.45, 7) is 4.59. The molecule has 4 rings (SSSR count). The molecule has 0 unspecified atom stereocenters. The number of hydrogen-bond acceptors (Lipinski definition) is 8. The molecule has 0 heterocycles. The summed E-state index contributed by atoms with van der Waals surface area (Å²) < 4.78 is 0. The Balaban J connectivity index is 0.000000320. The van der Waals surface area contributed by atoms with Gasteiger partial charge in [-0.1, -0.05) is 116 Å². The van der Waals surface area contributed by atoms with Gasteiger partial charge in [0.15, 0.2) is 0 Å². The first-order chi connectivity index (χ1) is 29.0. The Morgan fingerprint density at radius 1 is 0.633 bits per heavy atom. The van der Waals surface area contributed by atoms with E-state index in [-0.39, 0.29) is 29.6 Å². The Kier molecular flexibility index (Phi) is 24.9. The smallest absolute Gasteiger partial charge is 0.219 e. The molecule has 7 N–H and O–H groups in total. The van der Waals surface area contributed by atoms with Gasteiger partial charge in [-0.3, -0.25) is 9.59 Å². The fraction of sp³-hybridized carbons (Fsp3) is 0.569. The first-order valence-corrected chi connectivity index (χ1v) is 22.6. The lowest BCUT2D eigenvalue weighted by Gasteiger charge is -2.19. The number of allylic oxidation sites excluding steroid dienone is 4. The van der Waals surface area contributed by atoms with E-state index < -0.39 is 36.6 Å². The minimum absolute atomic E-state index is 0.0458. The number of aliphatic hydroxyl groups excluding tert-OH is 6. The molecular weight excluding hydrogens is 755 g/mol. The number of benzene rings is 2. The van der Waals surface area contributed by atoms with Crippen molar-refractivity contribution >= 4 is 11.7 Å². The zero-order valence-corrected chi connectivity index (χ0v) is 36.2. The van der Waals surface area contributed by atoms with Crippen LogP contribution in [0.5, 0.6) is 0 Å². The molecule has 2 fully saturated rings. The lowest BCUT2D eigenvalue weighted by Crippen LogP contribution is -2.21. The van der Waals surface area contributed by atoms with Gasteiger partial charge in [0, 0.05) is 50.5 Å². The maximum absolute atomic E-state index is 11.5. The van der Waals surface area contributed by atoms with Crippen molar-refractivity contribution in [3.8, 4) is 0 Å². The van der Waals surface area contributed by atoms with Crippen LogP contribution in [-0.4, -0.2) is 85.5 Å². The Morgan fingerprint density at radius 3 is 1.52 bits per heavy atom. The molecule has 2 aliphatic carbocycles. The molecule has 9 heteroatoms. The summed E-state index contributed by atoms with van der Waals surface area (Å²) in [7, 11) is 0. The van der Waals surface area contributed by atoms with Crippen LogP contribution in [0.1, 0.15) is 115 Å². The number of carbonyl (C=O) groups is 2. The molecule has 2 aromatic rings. The van der Waals surface area contributed by atoms with E-state index in [1.54, 1.807) is 12.2 Å². The van der Waals surface area contributed by atoms with Gasteiger partial charge in [0.2, 0.25) is 5.91 Å². The fourth-order valence-corrected chi connectivity index (χ4v) is 8.27. The third-order valence-corrected chi connectivity index (χ3v) is 11.7. The van der Waals surface area contributed by atoms with Crippen molar-refractivity contribution in [2.45, 2.75) is 153 Å². The highest BCUT2D eigenvalue weighted by atomic mass is 16.3. The van der Waals surface area contributed by atoms with Gasteiger partial charge in [-0.2, -0.15) is 0 Å². The Bertz CT molecular complexity index is 1460. The van der Waals surface area contributed by atoms with Crippen LogP contribution in [0.4, 0.5) is 0 Å². The number of unbranched alkanes of at least 4 members (excludes halogenated alkanes) is 2. The largest absolute Gasteiger partial charge is 0.393 e. The van der Waals surface area contributed by atoms with Gasteiger partial charge in [0.25, 0.3) is 0 Å². The summed E-state index contributed by atoms with van der Waals surface area (Å²) in [5, 5.41) is 64.7. The molecule has 10 atom stereocenters. The average Bonchev–Trinajstić information content (AvgIpc) is 3.67. The summed E-state index contributed by atoms with van der Waals surface area (Å²) >= 11 is 0. The van der Waals surface area contributed by atoms with Crippen LogP contribution in [0.25, 0.3) is 0 Å². The molecule has 0 aromatic heterocycles. The predicted octanol–water partition coefficient (Wildman–Crippen LogP) is 7.53. The summed E-state index contributed by atoms with van der Waals surface area (Å²) in [6, 6.07) is 20.1. The minimum atomic E-state index is -0.589. The van der Waals surface area contributed by atoms with Gasteiger partial charge in [-0.05, 0) is 101 Å². The summed E-state index contributed by atoms with van der Waals surface area (Å²) in [4.78, 5) is 23.0. The van der Waals surface area contributed by atoms with Crippen molar-refractivity contribution in [3.63, 3.8) is 0 Å². The van der Waals surface area contributed by atoms with E-state index in [0.717, 1.165) is 44.9 Å². The van der Waals surface area contributed by atoms with Gasteiger partial charge in [-0.15, -0.1) is 0 Å². The topological polar surface area (TPSA) is 168 Å². The van der Waals surface area contributed by atoms with Gasteiger partial charge >= 0.3 is 0 Å². The number of hydrogen-bond donors (Lipinski definition) is 7. The number of aliphatic hydroxyl groups is 6. The maximum atomic E-state index is 11.5. The number of rotatable bonds is 25. The van der Waals surface area contributed by atoms with Crippen LogP contribution in [0.2, 0.25) is 0 Å². The van der Waals surface area contributed by atoms with E-state index in [2.05, 4.69) is 29.6 Å². The van der Waals surface area contributed by atoms with Crippen LogP contribution >= 0.6 is 0 Å². The number of carbonyl (C=O) groups excluding carboxylic acids is 2. The van der Waals surface area contributed by atoms with Crippen molar-refractivity contribution in [3.05, 3.63) is 120 Å². The second kappa shape index (κ2) is 29.5. The fourth-order valence-electron chi connectivity index (χ4n) is 8.27. The monoisotopic (exact) mass is 830 g/mol. The standard InChI is InChI=1S/C26H38O4.C25H37NO4/c1-2-10-21(27)13-8-3-4-9-14-23-24(26(30)19-25(23)29)18-17-22(28)16-15-20-11-6-5-7-12-20;1-2-26-25(30)13-9-4-3-8-12-21-22(24(29)18-23(21)28)17-16-20(27)15-14-19-10-6-5-7-11-19/h4-7,9,11-12,17-18,22-26,28-30H,2-3,8,10,13-16,19H2,1H3;3,5-8,10-11,16-17,20-24,27-29H,2,4,9,12-15,18H2,1H3,(H,26,30)/b9-4-,18-17+;8-3+,17-16+/t22-,23-,24-,25+,26-;20-,21+,22+,23-,24+/m10/s1. The summed E-state index contributed by atoms with van der Waals surface area (Å²) in [5.74, 6) is -0.00574. The van der Waals surface area contributed by atoms with Crippen molar-refractivity contribution < 1.29 is 40.2 Å². The van der Waals surface area contributed by atoms with Crippen molar-refractivity contribution in [2.24, 2.45) is 23.7 Å². The first kappa shape index (κ1) is 50.7. The van der Waals surface area contributed by atoms with Crippen molar-refractivity contribution in [1.29, 1.82) is 0 Å². The second-order valence-electron chi connectivity index (χ2n) is 16.6. The molecule has 0 radical (unpaired) electrons. The number of Topliss-reactive ketones (excluding diaryl/α,β-unsaturated/α-hetero) is 1. The predicted molar refractivity (Wildman–Crippen MR) is 241 cm³/mol. The highest BCUT2D eigenvalue weighted by Crippen LogP contribution is 2.37. The van der Waals surface area contributed by atoms with Crippen LogP contribution in [0, 0.1) is 23.7 Å². The third-order valence-electron chi connectivity index (χ3n) is 11.7. The highest BCUT2D eigenvalue weighted by molar-refractivity contribution is 5.78. The van der Waals surface area contributed by atoms with Gasteiger partial charge < -0.3 is 36.0 Å². The quantitative estimate of drug-likeness (QED) is 0.0399. The van der Waals surface area contributed by atoms with Gasteiger partial charge in [-0.25, -0.2) is 0 Å². The molecule has 332 valence electrons. The lowest BCUT2D eigenvalue weighted by atomic mass is 9.89. The van der Waals surface area contributed by atoms with Gasteiger partial charge in [0.1, 0.15) is 5.78 Å². The van der Waals surface area contributed by atoms with Crippen LogP contribution in [0.3, 0.4) is 0 Å². The molecule has 2 saturated carbocycles. The molecule has 2 aromatic carbocycles. The van der Waals surface area contributed by atoms with Crippen LogP contribution < -0.4 is 5.32 Å². The number of ketones is 1. The molecule has 0 aliphatic heterocycles. The highest BCUT2D eigenvalue weighted by Gasteiger charge is 2.40. The molecule has 9 nitrogen and oxygen atoms in total. The Labute approximate surface area is 360 Å². The van der Waals surface area contributed by atoms with E-state index in [0.29, 0.717) is 70.1 Å². The normalized spacial score (nSPS) is 25.3. The second-order valence-corrected chi connectivity index (χ2v) is 16.6.